The minimum atomic E-state index is 0.606. The minimum absolute atomic E-state index is 0.606. The van der Waals surface area contributed by atoms with E-state index in [9.17, 15) is 0 Å². The van der Waals surface area contributed by atoms with E-state index in [4.69, 9.17) is 16.3 Å². The Morgan fingerprint density at radius 1 is 1.50 bits per heavy atom. The van der Waals surface area contributed by atoms with Gasteiger partial charge in [-0.25, -0.2) is 4.98 Å². The minimum Gasteiger partial charge on any atom is -0.381 e. The topological polar surface area (TPSA) is 34.2 Å². The van der Waals surface area contributed by atoms with Gasteiger partial charge in [0.05, 0.1) is 16.8 Å². The first-order valence-corrected chi connectivity index (χ1v) is 7.38. The van der Waals surface area contributed by atoms with E-state index in [0.717, 1.165) is 40.1 Å². The van der Waals surface area contributed by atoms with Crippen LogP contribution in [-0.2, 0) is 4.74 Å². The molecule has 0 radical (unpaired) electrons. The SMILES string of the molecule is Clc1ccc2nc(NCC3CCCOC3)sc2c1. The van der Waals surface area contributed by atoms with Gasteiger partial charge in [0, 0.05) is 18.2 Å². The first-order chi connectivity index (χ1) is 8.81. The van der Waals surface area contributed by atoms with Gasteiger partial charge in [0.15, 0.2) is 5.13 Å². The fourth-order valence-electron chi connectivity index (χ4n) is 2.17. The molecule has 3 nitrogen and oxygen atoms in total. The molecule has 2 heterocycles. The van der Waals surface area contributed by atoms with Gasteiger partial charge in [0.2, 0.25) is 0 Å². The molecule has 1 N–H and O–H groups in total. The van der Waals surface area contributed by atoms with Crippen molar-refractivity contribution in [3.05, 3.63) is 23.2 Å². The maximum Gasteiger partial charge on any atom is 0.183 e. The van der Waals surface area contributed by atoms with Gasteiger partial charge < -0.3 is 10.1 Å². The molecule has 0 amide bonds. The molecule has 0 aliphatic carbocycles. The summed E-state index contributed by atoms with van der Waals surface area (Å²) in [5.41, 5.74) is 1.01. The molecular weight excluding hydrogens is 268 g/mol. The number of ether oxygens (including phenoxy) is 1. The number of hydrogen-bond donors (Lipinski definition) is 1. The summed E-state index contributed by atoms with van der Waals surface area (Å²) in [6.45, 7) is 2.72. The number of hydrogen-bond acceptors (Lipinski definition) is 4. The van der Waals surface area contributed by atoms with Crippen LogP contribution in [0.1, 0.15) is 12.8 Å². The number of thiazole rings is 1. The number of halogens is 1. The Balaban J connectivity index is 1.67. The molecule has 1 aromatic heterocycles. The molecule has 2 aromatic rings. The highest BCUT2D eigenvalue weighted by Gasteiger charge is 2.14. The van der Waals surface area contributed by atoms with Crippen LogP contribution in [0.3, 0.4) is 0 Å². The Labute approximate surface area is 115 Å². The van der Waals surface area contributed by atoms with Gasteiger partial charge in [-0.15, -0.1) is 0 Å². The van der Waals surface area contributed by atoms with E-state index in [1.165, 1.54) is 12.8 Å². The lowest BCUT2D eigenvalue weighted by Gasteiger charge is -2.21. The Hall–Kier alpha value is -0.840. The average molecular weight is 283 g/mol. The Bertz CT molecular complexity index is 537. The summed E-state index contributed by atoms with van der Waals surface area (Å²) in [6.07, 6.45) is 2.41. The van der Waals surface area contributed by atoms with Crippen LogP contribution in [0.5, 0.6) is 0 Å². The summed E-state index contributed by atoms with van der Waals surface area (Å²) >= 11 is 7.62. The number of fused-ring (bicyclic) bond motifs is 1. The first-order valence-electron chi connectivity index (χ1n) is 6.19. The van der Waals surface area contributed by atoms with Crippen LogP contribution in [0.15, 0.2) is 18.2 Å². The quantitative estimate of drug-likeness (QED) is 0.930. The van der Waals surface area contributed by atoms with E-state index in [-0.39, 0.29) is 0 Å². The molecule has 0 spiro atoms. The molecule has 1 aliphatic heterocycles. The second-order valence-electron chi connectivity index (χ2n) is 4.60. The van der Waals surface area contributed by atoms with Crippen molar-refractivity contribution in [2.24, 2.45) is 5.92 Å². The van der Waals surface area contributed by atoms with Crippen LogP contribution in [-0.4, -0.2) is 24.7 Å². The lowest BCUT2D eigenvalue weighted by molar-refractivity contribution is 0.0595. The van der Waals surface area contributed by atoms with Gasteiger partial charge in [0.1, 0.15) is 0 Å². The van der Waals surface area contributed by atoms with Gasteiger partial charge in [0.25, 0.3) is 0 Å². The fourth-order valence-corrected chi connectivity index (χ4v) is 3.32. The molecule has 18 heavy (non-hydrogen) atoms. The van der Waals surface area contributed by atoms with Crippen molar-refractivity contribution in [1.82, 2.24) is 4.98 Å². The van der Waals surface area contributed by atoms with Gasteiger partial charge in [-0.2, -0.15) is 0 Å². The van der Waals surface area contributed by atoms with Crippen molar-refractivity contribution >= 4 is 38.3 Å². The summed E-state index contributed by atoms with van der Waals surface area (Å²) in [4.78, 5) is 4.55. The van der Waals surface area contributed by atoms with Gasteiger partial charge in [-0.1, -0.05) is 22.9 Å². The molecule has 5 heteroatoms. The monoisotopic (exact) mass is 282 g/mol. The molecule has 0 saturated carbocycles. The third-order valence-corrected chi connectivity index (χ3v) is 4.36. The molecule has 1 atom stereocenters. The van der Waals surface area contributed by atoms with Crippen molar-refractivity contribution in [2.45, 2.75) is 12.8 Å². The Kier molecular flexibility index (Phi) is 3.68. The number of nitrogens with one attached hydrogen (secondary N) is 1. The van der Waals surface area contributed by atoms with Crippen LogP contribution < -0.4 is 5.32 Å². The third-order valence-electron chi connectivity index (χ3n) is 3.15. The van der Waals surface area contributed by atoms with E-state index in [0.29, 0.717) is 5.92 Å². The molecule has 96 valence electrons. The van der Waals surface area contributed by atoms with Gasteiger partial charge >= 0.3 is 0 Å². The van der Waals surface area contributed by atoms with Crippen LogP contribution in [0.2, 0.25) is 5.02 Å². The van der Waals surface area contributed by atoms with Crippen LogP contribution in [0, 0.1) is 5.92 Å². The highest BCUT2D eigenvalue weighted by Crippen LogP contribution is 2.28. The zero-order valence-corrected chi connectivity index (χ0v) is 11.6. The molecular formula is C13H15ClN2OS. The maximum atomic E-state index is 5.97. The van der Waals surface area contributed by atoms with Crippen molar-refractivity contribution < 1.29 is 4.74 Å². The normalized spacial score (nSPS) is 20.2. The van der Waals surface area contributed by atoms with Crippen molar-refractivity contribution in [3.63, 3.8) is 0 Å². The number of nitrogens with zero attached hydrogens (tertiary/aromatic N) is 1. The average Bonchev–Trinajstić information content (AvgIpc) is 2.79. The number of aromatic nitrogens is 1. The van der Waals surface area contributed by atoms with E-state index in [1.54, 1.807) is 11.3 Å². The van der Waals surface area contributed by atoms with Crippen molar-refractivity contribution in [2.75, 3.05) is 25.1 Å². The summed E-state index contributed by atoms with van der Waals surface area (Å²) in [5, 5.41) is 5.14. The Morgan fingerprint density at radius 3 is 3.28 bits per heavy atom. The lowest BCUT2D eigenvalue weighted by Crippen LogP contribution is -2.24. The lowest BCUT2D eigenvalue weighted by atomic mass is 10.0. The number of anilines is 1. The zero-order chi connectivity index (χ0) is 12.4. The standard InChI is InChI=1S/C13H15ClN2OS/c14-10-3-4-11-12(6-10)18-13(16-11)15-7-9-2-1-5-17-8-9/h3-4,6,9H,1-2,5,7-8H2,(H,15,16). The van der Waals surface area contributed by atoms with Gasteiger partial charge in [-0.3, -0.25) is 0 Å². The maximum absolute atomic E-state index is 5.97. The predicted molar refractivity (Wildman–Crippen MR) is 76.7 cm³/mol. The largest absolute Gasteiger partial charge is 0.381 e. The molecule has 1 aliphatic rings. The molecule has 1 fully saturated rings. The number of rotatable bonds is 3. The smallest absolute Gasteiger partial charge is 0.183 e. The predicted octanol–water partition coefficient (Wildman–Crippen LogP) is 3.79. The second kappa shape index (κ2) is 5.43. The zero-order valence-electron chi connectivity index (χ0n) is 9.99. The van der Waals surface area contributed by atoms with Crippen LogP contribution >= 0.6 is 22.9 Å². The highest BCUT2D eigenvalue weighted by atomic mass is 35.5. The fraction of sp³-hybridized carbons (Fsp3) is 0.462. The number of benzene rings is 1. The Morgan fingerprint density at radius 2 is 2.44 bits per heavy atom. The van der Waals surface area contributed by atoms with Crippen molar-refractivity contribution in [3.8, 4) is 0 Å². The molecule has 1 aromatic carbocycles. The van der Waals surface area contributed by atoms with E-state index in [1.807, 2.05) is 18.2 Å². The van der Waals surface area contributed by atoms with Gasteiger partial charge in [-0.05, 0) is 37.0 Å². The molecule has 3 rings (SSSR count). The van der Waals surface area contributed by atoms with E-state index in [2.05, 4.69) is 10.3 Å². The second-order valence-corrected chi connectivity index (χ2v) is 6.06. The third kappa shape index (κ3) is 2.76. The molecule has 1 saturated heterocycles. The first kappa shape index (κ1) is 12.2. The highest BCUT2D eigenvalue weighted by molar-refractivity contribution is 7.22. The summed E-state index contributed by atoms with van der Waals surface area (Å²) in [6, 6.07) is 5.80. The summed E-state index contributed by atoms with van der Waals surface area (Å²) in [7, 11) is 0. The van der Waals surface area contributed by atoms with Crippen LogP contribution in [0.25, 0.3) is 10.2 Å². The summed E-state index contributed by atoms with van der Waals surface area (Å²) in [5.74, 6) is 0.606. The summed E-state index contributed by atoms with van der Waals surface area (Å²) < 4.78 is 6.60. The van der Waals surface area contributed by atoms with Crippen molar-refractivity contribution in [1.29, 1.82) is 0 Å². The van der Waals surface area contributed by atoms with E-state index < -0.39 is 0 Å². The molecule has 1 unspecified atom stereocenters. The van der Waals surface area contributed by atoms with Crippen LogP contribution in [0.4, 0.5) is 5.13 Å². The van der Waals surface area contributed by atoms with E-state index >= 15 is 0 Å². The molecule has 0 bridgehead atoms.